The molecule has 0 saturated carbocycles. The Morgan fingerprint density at radius 3 is 1.80 bits per heavy atom. The number of aliphatic hydroxyl groups is 1. The van der Waals surface area contributed by atoms with Gasteiger partial charge in [0.05, 0.1) is 6.61 Å². The Morgan fingerprint density at radius 2 is 1.53 bits per heavy atom. The Morgan fingerprint density at radius 1 is 1.07 bits per heavy atom. The third-order valence-corrected chi connectivity index (χ3v) is 1.02. The summed E-state index contributed by atoms with van der Waals surface area (Å²) in [7, 11) is 0. The van der Waals surface area contributed by atoms with Crippen LogP contribution in [-0.2, 0) is 14.4 Å². The van der Waals surface area contributed by atoms with Crippen molar-refractivity contribution in [1.29, 1.82) is 0 Å². The summed E-state index contributed by atoms with van der Waals surface area (Å²) in [6.45, 7) is 1.17. The van der Waals surface area contributed by atoms with Crippen molar-refractivity contribution in [2.24, 2.45) is 5.73 Å². The van der Waals surface area contributed by atoms with Crippen LogP contribution >= 0.6 is 0 Å². The third-order valence-electron chi connectivity index (χ3n) is 1.02. The number of aliphatic carboxylic acids is 2. The van der Waals surface area contributed by atoms with Crippen LogP contribution in [0.25, 0.3) is 0 Å². The molecule has 88 valence electrons. The van der Waals surface area contributed by atoms with E-state index < -0.39 is 11.9 Å². The molecule has 0 fully saturated rings. The quantitative estimate of drug-likeness (QED) is 0.257. The van der Waals surface area contributed by atoms with Crippen molar-refractivity contribution in [3.8, 4) is 0 Å². The van der Waals surface area contributed by atoms with Crippen LogP contribution in [0.3, 0.4) is 0 Å². The molecule has 8 nitrogen and oxygen atoms in total. The molecule has 0 atom stereocenters. The van der Waals surface area contributed by atoms with Crippen LogP contribution < -0.4 is 11.1 Å². The zero-order valence-corrected chi connectivity index (χ0v) is 7.97. The average Bonchev–Trinajstić information content (AvgIpc) is 2.13. The minimum atomic E-state index is -1.82. The van der Waals surface area contributed by atoms with Gasteiger partial charge >= 0.3 is 11.9 Å². The van der Waals surface area contributed by atoms with Gasteiger partial charge in [-0.05, 0) is 0 Å². The van der Waals surface area contributed by atoms with Gasteiger partial charge in [0.25, 0.3) is 0 Å². The maximum absolute atomic E-state index is 10.1. The molecule has 0 unspecified atom stereocenters. The predicted octanol–water partition coefficient (Wildman–Crippen LogP) is -2.40. The van der Waals surface area contributed by atoms with Crippen molar-refractivity contribution in [2.75, 3.05) is 19.7 Å². The van der Waals surface area contributed by atoms with Crippen molar-refractivity contribution in [2.45, 2.75) is 6.42 Å². The standard InChI is InChI=1S/C5H12N2O2.C2H2O4/c6-5(9)1-2-7-3-4-8;3-1(4)2(5)6/h7-8H,1-4H2,(H2,6,9);(H,3,4)(H,5,6). The zero-order chi connectivity index (χ0) is 12.3. The minimum absolute atomic E-state index is 0.0960. The number of nitrogens with one attached hydrogen (secondary N) is 1. The van der Waals surface area contributed by atoms with Crippen molar-refractivity contribution in [3.05, 3.63) is 0 Å². The number of rotatable bonds is 5. The molecular formula is C7H14N2O6. The molecule has 0 radical (unpaired) electrons. The number of amides is 1. The molecular weight excluding hydrogens is 208 g/mol. The zero-order valence-electron chi connectivity index (χ0n) is 7.97. The third kappa shape index (κ3) is 19.0. The van der Waals surface area contributed by atoms with Crippen molar-refractivity contribution in [1.82, 2.24) is 5.32 Å². The first-order valence-electron chi connectivity index (χ1n) is 3.98. The molecule has 0 spiro atoms. The normalized spacial score (nSPS) is 8.60. The molecule has 0 bridgehead atoms. The fourth-order valence-electron chi connectivity index (χ4n) is 0.416. The van der Waals surface area contributed by atoms with E-state index in [2.05, 4.69) is 5.32 Å². The summed E-state index contributed by atoms with van der Waals surface area (Å²) in [6.07, 6.45) is 0.333. The van der Waals surface area contributed by atoms with E-state index in [9.17, 15) is 4.79 Å². The molecule has 0 rings (SSSR count). The Bertz CT molecular complexity index is 206. The first-order valence-corrected chi connectivity index (χ1v) is 3.98. The number of carbonyl (C=O) groups is 3. The largest absolute Gasteiger partial charge is 0.473 e. The van der Waals surface area contributed by atoms with Gasteiger partial charge in [0, 0.05) is 19.5 Å². The fourth-order valence-corrected chi connectivity index (χ4v) is 0.416. The molecule has 0 heterocycles. The van der Waals surface area contributed by atoms with Crippen molar-refractivity contribution < 1.29 is 29.7 Å². The van der Waals surface area contributed by atoms with Gasteiger partial charge in [0.15, 0.2) is 0 Å². The molecule has 1 amide bonds. The number of aliphatic hydroxyl groups excluding tert-OH is 1. The summed E-state index contributed by atoms with van der Waals surface area (Å²) < 4.78 is 0. The highest BCUT2D eigenvalue weighted by atomic mass is 16.4. The molecule has 0 aromatic heterocycles. The van der Waals surface area contributed by atoms with Gasteiger partial charge in [-0.2, -0.15) is 0 Å². The molecule has 0 aliphatic rings. The monoisotopic (exact) mass is 222 g/mol. The van der Waals surface area contributed by atoms with Gasteiger partial charge in [0.2, 0.25) is 5.91 Å². The summed E-state index contributed by atoms with van der Waals surface area (Å²) in [4.78, 5) is 28.3. The first kappa shape index (κ1) is 15.8. The van der Waals surface area contributed by atoms with E-state index in [0.29, 0.717) is 19.5 Å². The van der Waals surface area contributed by atoms with Crippen LogP contribution in [0.15, 0.2) is 0 Å². The van der Waals surface area contributed by atoms with Gasteiger partial charge in [-0.3, -0.25) is 4.79 Å². The second kappa shape index (κ2) is 10.4. The lowest BCUT2D eigenvalue weighted by molar-refractivity contribution is -0.159. The van der Waals surface area contributed by atoms with Crippen molar-refractivity contribution in [3.63, 3.8) is 0 Å². The number of hydrogen-bond acceptors (Lipinski definition) is 5. The highest BCUT2D eigenvalue weighted by Gasteiger charge is 2.04. The van der Waals surface area contributed by atoms with E-state index in [0.717, 1.165) is 0 Å². The highest BCUT2D eigenvalue weighted by Crippen LogP contribution is 1.70. The van der Waals surface area contributed by atoms with Crippen LogP contribution in [0.2, 0.25) is 0 Å². The summed E-state index contributed by atoms with van der Waals surface area (Å²) >= 11 is 0. The van der Waals surface area contributed by atoms with Gasteiger partial charge in [-0.1, -0.05) is 0 Å². The Labute approximate surface area is 85.7 Å². The van der Waals surface area contributed by atoms with Crippen LogP contribution in [-0.4, -0.2) is 52.9 Å². The topological polar surface area (TPSA) is 150 Å². The SMILES string of the molecule is NC(=O)CCNCCO.O=C(O)C(=O)O. The summed E-state index contributed by atoms with van der Waals surface area (Å²) in [5.41, 5.74) is 4.83. The van der Waals surface area contributed by atoms with E-state index >= 15 is 0 Å². The van der Waals surface area contributed by atoms with E-state index in [4.69, 9.17) is 30.6 Å². The second-order valence-corrected chi connectivity index (χ2v) is 2.30. The van der Waals surface area contributed by atoms with E-state index in [1.807, 2.05) is 0 Å². The van der Waals surface area contributed by atoms with Gasteiger partial charge in [-0.15, -0.1) is 0 Å². The van der Waals surface area contributed by atoms with Crippen LogP contribution in [0.1, 0.15) is 6.42 Å². The Kier molecular flexibility index (Phi) is 11.0. The van der Waals surface area contributed by atoms with E-state index in [-0.39, 0.29) is 12.5 Å². The summed E-state index contributed by atoms with van der Waals surface area (Å²) in [5.74, 6) is -3.97. The fraction of sp³-hybridized carbons (Fsp3) is 0.571. The average molecular weight is 222 g/mol. The number of carbonyl (C=O) groups excluding carboxylic acids is 1. The van der Waals surface area contributed by atoms with Crippen molar-refractivity contribution >= 4 is 17.8 Å². The van der Waals surface area contributed by atoms with E-state index in [1.165, 1.54) is 0 Å². The lowest BCUT2D eigenvalue weighted by atomic mass is 10.4. The molecule has 0 aliphatic carbocycles. The van der Waals surface area contributed by atoms with Gasteiger partial charge in [-0.25, -0.2) is 9.59 Å². The number of carboxylic acids is 2. The number of carboxylic acid groups (broad SMARTS) is 2. The lowest BCUT2D eigenvalue weighted by Gasteiger charge is -1.97. The second-order valence-electron chi connectivity index (χ2n) is 2.30. The number of primary amides is 1. The molecule has 0 saturated heterocycles. The van der Waals surface area contributed by atoms with E-state index in [1.54, 1.807) is 0 Å². The van der Waals surface area contributed by atoms with Crippen LogP contribution in [0, 0.1) is 0 Å². The minimum Gasteiger partial charge on any atom is -0.473 e. The molecule has 15 heavy (non-hydrogen) atoms. The van der Waals surface area contributed by atoms with Crippen LogP contribution in [0.4, 0.5) is 0 Å². The smallest absolute Gasteiger partial charge is 0.414 e. The molecule has 0 aliphatic heterocycles. The first-order chi connectivity index (χ1) is 6.91. The highest BCUT2D eigenvalue weighted by molar-refractivity contribution is 6.27. The summed E-state index contributed by atoms with van der Waals surface area (Å²) in [6, 6.07) is 0. The molecule has 8 heteroatoms. The maximum Gasteiger partial charge on any atom is 0.414 e. The maximum atomic E-state index is 10.1. The predicted molar refractivity (Wildman–Crippen MR) is 49.0 cm³/mol. The van der Waals surface area contributed by atoms with Crippen LogP contribution in [0.5, 0.6) is 0 Å². The number of hydrogen-bond donors (Lipinski definition) is 5. The lowest BCUT2D eigenvalue weighted by Crippen LogP contribution is -2.24. The van der Waals surface area contributed by atoms with Gasteiger partial charge < -0.3 is 26.4 Å². The molecule has 6 N–H and O–H groups in total. The Balaban J connectivity index is 0. The molecule has 0 aromatic rings. The summed E-state index contributed by atoms with van der Waals surface area (Å²) in [5, 5.41) is 25.9. The molecule has 0 aromatic carbocycles. The van der Waals surface area contributed by atoms with Gasteiger partial charge in [0.1, 0.15) is 0 Å². The number of nitrogens with two attached hydrogens (primary N) is 1. The Hall–Kier alpha value is -1.67.